The number of nitrogens with one attached hydrogen (secondary N) is 1. The maximum absolute atomic E-state index is 13.1. The molecule has 1 N–H and O–H groups in total. The van der Waals surface area contributed by atoms with Crippen molar-refractivity contribution in [3.05, 3.63) is 81.0 Å². The molecule has 1 unspecified atom stereocenters. The minimum Gasteiger partial charge on any atom is -0.497 e. The summed E-state index contributed by atoms with van der Waals surface area (Å²) in [5, 5.41) is 26.2. The third-order valence-electron chi connectivity index (χ3n) is 4.88. The molecule has 0 amide bonds. The van der Waals surface area contributed by atoms with E-state index in [0.717, 1.165) is 5.56 Å². The number of nitro groups is 1. The van der Waals surface area contributed by atoms with Gasteiger partial charge in [0.2, 0.25) is 5.95 Å². The summed E-state index contributed by atoms with van der Waals surface area (Å²) in [5.74, 6) is -0.0624. The van der Waals surface area contributed by atoms with Crippen LogP contribution in [0.15, 0.2) is 59.8 Å². The Balaban J connectivity index is 1.77. The van der Waals surface area contributed by atoms with Crippen LogP contribution in [0.5, 0.6) is 5.75 Å². The van der Waals surface area contributed by atoms with Crippen molar-refractivity contribution in [2.24, 2.45) is 0 Å². The van der Waals surface area contributed by atoms with Crippen LogP contribution in [0.2, 0.25) is 0 Å². The number of nitro benzene ring substituents is 1. The summed E-state index contributed by atoms with van der Waals surface area (Å²) in [4.78, 5) is 24.4. The lowest BCUT2D eigenvalue weighted by atomic mass is 9.94. The molecule has 0 saturated carbocycles. The van der Waals surface area contributed by atoms with E-state index in [2.05, 4.69) is 20.8 Å². The first-order valence-electron chi connectivity index (χ1n) is 9.28. The number of carbonyl (C=O) groups excluding carboxylic acids is 1. The first-order chi connectivity index (χ1) is 15.0. The van der Waals surface area contributed by atoms with Crippen LogP contribution in [0.25, 0.3) is 0 Å². The number of nitrogens with zero attached hydrogens (tertiary/aromatic N) is 5. The molecule has 2 aromatic carbocycles. The van der Waals surface area contributed by atoms with E-state index < -0.39 is 16.9 Å². The van der Waals surface area contributed by atoms with Crippen LogP contribution in [-0.4, -0.2) is 38.2 Å². The van der Waals surface area contributed by atoms with Gasteiger partial charge in [0, 0.05) is 5.70 Å². The van der Waals surface area contributed by atoms with Gasteiger partial charge in [0.15, 0.2) is 0 Å². The number of tetrazole rings is 1. The SMILES string of the molecule is COc1ccc(C2C(C(=O)OCc3ccccc3)=C(C)Nc3nnnn32)c([N+](=O)[O-])c1. The van der Waals surface area contributed by atoms with Crippen molar-refractivity contribution in [2.75, 3.05) is 12.4 Å². The zero-order chi connectivity index (χ0) is 22.0. The van der Waals surface area contributed by atoms with E-state index in [-0.39, 0.29) is 29.4 Å². The average molecular weight is 422 g/mol. The predicted molar refractivity (Wildman–Crippen MR) is 108 cm³/mol. The van der Waals surface area contributed by atoms with Gasteiger partial charge in [0.25, 0.3) is 5.69 Å². The Morgan fingerprint density at radius 1 is 1.26 bits per heavy atom. The number of aromatic nitrogens is 4. The maximum Gasteiger partial charge on any atom is 0.338 e. The van der Waals surface area contributed by atoms with Gasteiger partial charge in [-0.25, -0.2) is 4.79 Å². The van der Waals surface area contributed by atoms with E-state index in [9.17, 15) is 14.9 Å². The Bertz CT molecular complexity index is 1170. The fraction of sp³-hybridized carbons (Fsp3) is 0.200. The highest BCUT2D eigenvalue weighted by molar-refractivity contribution is 5.92. The van der Waals surface area contributed by atoms with Gasteiger partial charge >= 0.3 is 5.97 Å². The van der Waals surface area contributed by atoms with Crippen LogP contribution in [0.3, 0.4) is 0 Å². The summed E-state index contributed by atoms with van der Waals surface area (Å²) >= 11 is 0. The molecule has 3 aromatic rings. The number of allylic oxidation sites excluding steroid dienone is 1. The van der Waals surface area contributed by atoms with Crippen LogP contribution in [0, 0.1) is 10.1 Å². The van der Waals surface area contributed by atoms with Gasteiger partial charge in [-0.05, 0) is 35.0 Å². The summed E-state index contributed by atoms with van der Waals surface area (Å²) in [6.45, 7) is 1.72. The molecule has 1 aliphatic heterocycles. The fourth-order valence-electron chi connectivity index (χ4n) is 3.40. The molecule has 0 spiro atoms. The van der Waals surface area contributed by atoms with E-state index in [1.807, 2.05) is 30.3 Å². The number of hydrogen-bond donors (Lipinski definition) is 1. The molecule has 0 fully saturated rings. The third kappa shape index (κ3) is 3.80. The highest BCUT2D eigenvalue weighted by atomic mass is 16.6. The molecule has 1 atom stereocenters. The smallest absolute Gasteiger partial charge is 0.338 e. The van der Waals surface area contributed by atoms with Gasteiger partial charge in [-0.3, -0.25) is 10.1 Å². The first-order valence-corrected chi connectivity index (χ1v) is 9.28. The zero-order valence-electron chi connectivity index (χ0n) is 16.7. The molecule has 1 aromatic heterocycles. The molecule has 0 bridgehead atoms. The number of hydrogen-bond acceptors (Lipinski definition) is 9. The van der Waals surface area contributed by atoms with Crippen molar-refractivity contribution in [3.8, 4) is 5.75 Å². The molecule has 11 nitrogen and oxygen atoms in total. The molecule has 1 aliphatic rings. The van der Waals surface area contributed by atoms with E-state index >= 15 is 0 Å². The van der Waals surface area contributed by atoms with Crippen molar-refractivity contribution in [2.45, 2.75) is 19.6 Å². The maximum atomic E-state index is 13.1. The molecule has 0 aliphatic carbocycles. The summed E-state index contributed by atoms with van der Waals surface area (Å²) in [6, 6.07) is 12.6. The number of ether oxygens (including phenoxy) is 2. The largest absolute Gasteiger partial charge is 0.497 e. The number of fused-ring (bicyclic) bond motifs is 1. The highest BCUT2D eigenvalue weighted by Gasteiger charge is 2.38. The molecule has 31 heavy (non-hydrogen) atoms. The number of esters is 1. The number of anilines is 1. The lowest BCUT2D eigenvalue weighted by Gasteiger charge is -2.27. The Morgan fingerprint density at radius 3 is 2.74 bits per heavy atom. The van der Waals surface area contributed by atoms with Crippen molar-refractivity contribution in [1.82, 2.24) is 20.2 Å². The number of benzene rings is 2. The van der Waals surface area contributed by atoms with Gasteiger partial charge in [-0.1, -0.05) is 35.4 Å². The first kappa shape index (κ1) is 20.0. The molecule has 11 heteroatoms. The Hall–Kier alpha value is -4.28. The lowest BCUT2D eigenvalue weighted by Crippen LogP contribution is -2.30. The second kappa shape index (κ2) is 8.22. The summed E-state index contributed by atoms with van der Waals surface area (Å²) in [5.41, 5.74) is 1.42. The van der Waals surface area contributed by atoms with E-state index in [4.69, 9.17) is 9.47 Å². The molecule has 2 heterocycles. The Kier molecular flexibility index (Phi) is 5.31. The van der Waals surface area contributed by atoms with Crippen LogP contribution in [0.4, 0.5) is 11.6 Å². The minimum absolute atomic E-state index is 0.0519. The topological polar surface area (TPSA) is 134 Å². The number of carbonyl (C=O) groups is 1. The van der Waals surface area contributed by atoms with Gasteiger partial charge in [-0.2, -0.15) is 4.68 Å². The van der Waals surface area contributed by atoms with Crippen LogP contribution < -0.4 is 10.1 Å². The average Bonchev–Trinajstić information content (AvgIpc) is 3.24. The monoisotopic (exact) mass is 422 g/mol. The Labute approximate surface area is 176 Å². The van der Waals surface area contributed by atoms with Crippen molar-refractivity contribution in [1.29, 1.82) is 0 Å². The van der Waals surface area contributed by atoms with Gasteiger partial charge in [0.1, 0.15) is 18.4 Å². The Morgan fingerprint density at radius 2 is 2.03 bits per heavy atom. The van der Waals surface area contributed by atoms with E-state index in [0.29, 0.717) is 11.4 Å². The van der Waals surface area contributed by atoms with Crippen LogP contribution in [-0.2, 0) is 16.1 Å². The van der Waals surface area contributed by atoms with Crippen LogP contribution in [0.1, 0.15) is 24.1 Å². The van der Waals surface area contributed by atoms with Gasteiger partial charge in [0.05, 0.1) is 29.2 Å². The zero-order valence-corrected chi connectivity index (χ0v) is 16.7. The molecular weight excluding hydrogens is 404 g/mol. The number of rotatable bonds is 6. The van der Waals surface area contributed by atoms with E-state index in [1.54, 1.807) is 13.0 Å². The standard InChI is InChI=1S/C20H18N6O5/c1-12-17(19(27)31-11-13-6-4-3-5-7-13)18(25-20(21-12)22-23-24-25)15-9-8-14(30-2)10-16(15)26(28)29/h3-10,18H,11H2,1-2H3,(H,21,22,24). The van der Waals surface area contributed by atoms with E-state index in [1.165, 1.54) is 23.9 Å². The van der Waals surface area contributed by atoms with Crippen molar-refractivity contribution in [3.63, 3.8) is 0 Å². The second-order valence-corrected chi connectivity index (χ2v) is 6.76. The fourth-order valence-corrected chi connectivity index (χ4v) is 3.40. The number of methoxy groups -OCH3 is 1. The minimum atomic E-state index is -0.958. The quantitative estimate of drug-likeness (QED) is 0.361. The summed E-state index contributed by atoms with van der Waals surface area (Å²) in [6.07, 6.45) is 0. The molecule has 4 rings (SSSR count). The molecule has 0 saturated heterocycles. The van der Waals surface area contributed by atoms with Crippen molar-refractivity contribution >= 4 is 17.6 Å². The summed E-state index contributed by atoms with van der Waals surface area (Å²) < 4.78 is 12.0. The predicted octanol–water partition coefficient (Wildman–Crippen LogP) is 2.62. The van der Waals surface area contributed by atoms with Crippen molar-refractivity contribution < 1.29 is 19.2 Å². The van der Waals surface area contributed by atoms with Gasteiger partial charge in [-0.15, -0.1) is 0 Å². The highest BCUT2D eigenvalue weighted by Crippen LogP contribution is 2.40. The molecule has 0 radical (unpaired) electrons. The molecule has 158 valence electrons. The molecular formula is C20H18N6O5. The normalized spacial score (nSPS) is 15.1. The second-order valence-electron chi connectivity index (χ2n) is 6.76. The van der Waals surface area contributed by atoms with Crippen LogP contribution >= 0.6 is 0 Å². The summed E-state index contributed by atoms with van der Waals surface area (Å²) in [7, 11) is 1.42. The lowest BCUT2D eigenvalue weighted by molar-refractivity contribution is -0.385. The van der Waals surface area contributed by atoms with Gasteiger partial charge < -0.3 is 14.8 Å². The third-order valence-corrected chi connectivity index (χ3v) is 4.88.